The van der Waals surface area contributed by atoms with Gasteiger partial charge in [0, 0.05) is 31.0 Å². The summed E-state index contributed by atoms with van der Waals surface area (Å²) in [5.74, 6) is 0.943. The number of hydrogen-bond acceptors (Lipinski definition) is 3. The molecule has 2 N–H and O–H groups in total. The predicted octanol–water partition coefficient (Wildman–Crippen LogP) is 3.09. The molecule has 1 unspecified atom stereocenters. The third-order valence-corrected chi connectivity index (χ3v) is 3.66. The summed E-state index contributed by atoms with van der Waals surface area (Å²) >= 11 is 0. The van der Waals surface area contributed by atoms with E-state index in [1.165, 1.54) is 17.7 Å². The molecule has 140 valence electrons. The molecule has 1 aromatic carbocycles. The SMILES string of the molecule is CCNC(=NCC(C)Oc1cccc(F)c1)NCCc1ccc(C)nc1. The molecule has 0 aliphatic carbocycles. The summed E-state index contributed by atoms with van der Waals surface area (Å²) in [6, 6.07) is 10.2. The number of benzene rings is 1. The van der Waals surface area contributed by atoms with E-state index in [4.69, 9.17) is 4.74 Å². The van der Waals surface area contributed by atoms with Gasteiger partial charge < -0.3 is 15.4 Å². The van der Waals surface area contributed by atoms with Crippen molar-refractivity contribution in [3.63, 3.8) is 0 Å². The second kappa shape index (κ2) is 10.4. The fourth-order valence-corrected chi connectivity index (χ4v) is 2.34. The second-order valence-corrected chi connectivity index (χ2v) is 6.09. The smallest absolute Gasteiger partial charge is 0.191 e. The van der Waals surface area contributed by atoms with Gasteiger partial charge in [-0.05, 0) is 51.0 Å². The van der Waals surface area contributed by atoms with E-state index >= 15 is 0 Å². The number of guanidine groups is 1. The number of pyridine rings is 1. The van der Waals surface area contributed by atoms with Gasteiger partial charge in [-0.1, -0.05) is 12.1 Å². The van der Waals surface area contributed by atoms with Crippen molar-refractivity contribution in [3.8, 4) is 5.75 Å². The number of rotatable bonds is 8. The molecule has 0 spiro atoms. The molecule has 0 radical (unpaired) electrons. The van der Waals surface area contributed by atoms with Crippen LogP contribution >= 0.6 is 0 Å². The fraction of sp³-hybridized carbons (Fsp3) is 0.400. The molecule has 26 heavy (non-hydrogen) atoms. The summed E-state index contributed by atoms with van der Waals surface area (Å²) in [4.78, 5) is 8.84. The highest BCUT2D eigenvalue weighted by atomic mass is 19.1. The minimum Gasteiger partial charge on any atom is -0.489 e. The Labute approximate surface area is 154 Å². The van der Waals surface area contributed by atoms with Gasteiger partial charge in [0.25, 0.3) is 0 Å². The summed E-state index contributed by atoms with van der Waals surface area (Å²) in [6.07, 6.45) is 2.61. The maximum absolute atomic E-state index is 13.2. The summed E-state index contributed by atoms with van der Waals surface area (Å²) in [7, 11) is 0. The molecule has 5 nitrogen and oxygen atoms in total. The average molecular weight is 358 g/mol. The highest BCUT2D eigenvalue weighted by Gasteiger charge is 2.05. The first-order valence-electron chi connectivity index (χ1n) is 8.92. The minimum absolute atomic E-state index is 0.159. The van der Waals surface area contributed by atoms with Crippen LogP contribution in [-0.4, -0.2) is 36.7 Å². The zero-order chi connectivity index (χ0) is 18.8. The number of aromatic nitrogens is 1. The lowest BCUT2D eigenvalue weighted by Crippen LogP contribution is -2.39. The van der Waals surface area contributed by atoms with Gasteiger partial charge in [0.1, 0.15) is 17.7 Å². The molecular weight excluding hydrogens is 331 g/mol. The number of halogens is 1. The molecule has 1 heterocycles. The van der Waals surface area contributed by atoms with Gasteiger partial charge in [-0.3, -0.25) is 4.98 Å². The third kappa shape index (κ3) is 7.09. The molecule has 0 bridgehead atoms. The van der Waals surface area contributed by atoms with E-state index < -0.39 is 0 Å². The first-order valence-corrected chi connectivity index (χ1v) is 8.92. The summed E-state index contributed by atoms with van der Waals surface area (Å²) < 4.78 is 18.9. The molecule has 1 aromatic heterocycles. The maximum Gasteiger partial charge on any atom is 0.191 e. The highest BCUT2D eigenvalue weighted by Crippen LogP contribution is 2.13. The first kappa shape index (κ1) is 19.7. The monoisotopic (exact) mass is 358 g/mol. The van der Waals surface area contributed by atoms with Crippen LogP contribution < -0.4 is 15.4 Å². The van der Waals surface area contributed by atoms with Crippen molar-refractivity contribution >= 4 is 5.96 Å². The Hall–Kier alpha value is -2.63. The van der Waals surface area contributed by atoms with Crippen LogP contribution in [0.4, 0.5) is 4.39 Å². The third-order valence-electron chi connectivity index (χ3n) is 3.66. The van der Waals surface area contributed by atoms with E-state index in [9.17, 15) is 4.39 Å². The van der Waals surface area contributed by atoms with Crippen LogP contribution in [0, 0.1) is 12.7 Å². The van der Waals surface area contributed by atoms with Crippen molar-refractivity contribution < 1.29 is 9.13 Å². The molecule has 2 aromatic rings. The quantitative estimate of drug-likeness (QED) is 0.562. The van der Waals surface area contributed by atoms with Crippen molar-refractivity contribution in [1.29, 1.82) is 0 Å². The van der Waals surface area contributed by atoms with Gasteiger partial charge in [-0.25, -0.2) is 9.38 Å². The summed E-state index contributed by atoms with van der Waals surface area (Å²) in [5, 5.41) is 6.52. The van der Waals surface area contributed by atoms with E-state index in [-0.39, 0.29) is 11.9 Å². The molecular formula is C20H27FN4O. The number of aliphatic imine (C=N–C) groups is 1. The molecule has 6 heteroatoms. The average Bonchev–Trinajstić information content (AvgIpc) is 2.61. The Morgan fingerprint density at radius 1 is 1.27 bits per heavy atom. The van der Waals surface area contributed by atoms with E-state index in [1.807, 2.05) is 33.0 Å². The van der Waals surface area contributed by atoms with Crippen molar-refractivity contribution in [1.82, 2.24) is 15.6 Å². The van der Waals surface area contributed by atoms with Crippen molar-refractivity contribution in [2.45, 2.75) is 33.3 Å². The van der Waals surface area contributed by atoms with Crippen LogP contribution in [0.1, 0.15) is 25.1 Å². The van der Waals surface area contributed by atoms with Crippen molar-refractivity contribution in [3.05, 3.63) is 59.7 Å². The summed E-state index contributed by atoms with van der Waals surface area (Å²) in [5.41, 5.74) is 2.20. The van der Waals surface area contributed by atoms with Gasteiger partial charge in [0.15, 0.2) is 5.96 Å². The first-order chi connectivity index (χ1) is 12.6. The van der Waals surface area contributed by atoms with Crippen LogP contribution in [0.3, 0.4) is 0 Å². The number of ether oxygens (including phenoxy) is 1. The lowest BCUT2D eigenvalue weighted by atomic mass is 10.2. The van der Waals surface area contributed by atoms with E-state index in [0.29, 0.717) is 12.3 Å². The highest BCUT2D eigenvalue weighted by molar-refractivity contribution is 5.79. The Kier molecular flexibility index (Phi) is 7.86. The molecule has 0 aliphatic rings. The van der Waals surface area contributed by atoms with Crippen LogP contribution in [0.15, 0.2) is 47.6 Å². The second-order valence-electron chi connectivity index (χ2n) is 6.09. The number of nitrogens with zero attached hydrogens (tertiary/aromatic N) is 2. The van der Waals surface area contributed by atoms with Crippen molar-refractivity contribution in [2.24, 2.45) is 4.99 Å². The van der Waals surface area contributed by atoms with Crippen LogP contribution in [0.2, 0.25) is 0 Å². The number of nitrogens with one attached hydrogen (secondary N) is 2. The normalized spacial score (nSPS) is 12.5. The van der Waals surface area contributed by atoms with Crippen LogP contribution in [0.25, 0.3) is 0 Å². The minimum atomic E-state index is -0.307. The van der Waals surface area contributed by atoms with Crippen LogP contribution in [-0.2, 0) is 6.42 Å². The van der Waals surface area contributed by atoms with Gasteiger partial charge in [-0.2, -0.15) is 0 Å². The molecule has 1 atom stereocenters. The standard InChI is InChI=1S/C20H27FN4O/c1-4-22-20(23-11-10-17-9-8-15(2)24-14-17)25-13-16(3)26-19-7-5-6-18(21)12-19/h5-9,12,14,16H,4,10-11,13H2,1-3H3,(H2,22,23,25). The molecule has 2 rings (SSSR count). The maximum atomic E-state index is 13.2. The molecule has 0 aliphatic heterocycles. The molecule has 0 amide bonds. The lowest BCUT2D eigenvalue weighted by Gasteiger charge is -2.15. The van der Waals surface area contributed by atoms with E-state index in [0.717, 1.165) is 31.2 Å². The Bertz CT molecular complexity index is 703. The number of hydrogen-bond donors (Lipinski definition) is 2. The molecule has 0 fully saturated rings. The summed E-state index contributed by atoms with van der Waals surface area (Å²) in [6.45, 7) is 7.92. The lowest BCUT2D eigenvalue weighted by molar-refractivity contribution is 0.229. The zero-order valence-electron chi connectivity index (χ0n) is 15.6. The van der Waals surface area contributed by atoms with E-state index in [1.54, 1.807) is 12.1 Å². The molecule has 0 saturated heterocycles. The Morgan fingerprint density at radius 2 is 2.12 bits per heavy atom. The van der Waals surface area contributed by atoms with Crippen LogP contribution in [0.5, 0.6) is 5.75 Å². The molecule has 0 saturated carbocycles. The topological polar surface area (TPSA) is 58.5 Å². The van der Waals surface area contributed by atoms with Crippen molar-refractivity contribution in [2.75, 3.05) is 19.6 Å². The van der Waals surface area contributed by atoms with Gasteiger partial charge in [-0.15, -0.1) is 0 Å². The predicted molar refractivity (Wildman–Crippen MR) is 103 cm³/mol. The zero-order valence-corrected chi connectivity index (χ0v) is 15.6. The van der Waals surface area contributed by atoms with E-state index in [2.05, 4.69) is 26.7 Å². The Balaban J connectivity index is 1.81. The van der Waals surface area contributed by atoms with Gasteiger partial charge >= 0.3 is 0 Å². The Morgan fingerprint density at radius 3 is 2.81 bits per heavy atom. The fourth-order valence-electron chi connectivity index (χ4n) is 2.34. The van der Waals surface area contributed by atoms with Gasteiger partial charge in [0.05, 0.1) is 6.54 Å². The largest absolute Gasteiger partial charge is 0.489 e. The van der Waals surface area contributed by atoms with Gasteiger partial charge in [0.2, 0.25) is 0 Å². The number of aryl methyl sites for hydroxylation is 1.